The maximum absolute atomic E-state index is 10.7. The molecule has 0 fully saturated rings. The Morgan fingerprint density at radius 2 is 2.31 bits per heavy atom. The molecule has 0 aromatic heterocycles. The van der Waals surface area contributed by atoms with Crippen molar-refractivity contribution in [1.29, 1.82) is 0 Å². The number of ether oxygens (including phenoxy) is 3. The first kappa shape index (κ1) is 12.0. The summed E-state index contributed by atoms with van der Waals surface area (Å²) in [6.07, 6.45) is 1.59. The van der Waals surface area contributed by atoms with Crippen molar-refractivity contribution in [3.63, 3.8) is 0 Å². The van der Waals surface area contributed by atoms with E-state index >= 15 is 0 Å². The van der Waals surface area contributed by atoms with Gasteiger partial charge in [0, 0.05) is 0 Å². The van der Waals surface area contributed by atoms with E-state index in [9.17, 15) is 4.79 Å². The summed E-state index contributed by atoms with van der Waals surface area (Å²) in [6.45, 7) is 6.07. The Bertz CT molecular complexity index is 156. The van der Waals surface area contributed by atoms with Gasteiger partial charge in [0.2, 0.25) is 0 Å². The minimum absolute atomic E-state index is 0.0392. The zero-order valence-corrected chi connectivity index (χ0v) is 8.12. The summed E-state index contributed by atoms with van der Waals surface area (Å²) in [5.74, 6) is -0.267. The standard InChI is InChI=1S/C9H16O4/c1-4-12-7-8(2)13-6-5-9(10)11-3/h4,8H,1,5-7H2,2-3H3. The van der Waals surface area contributed by atoms with Crippen LogP contribution in [0.2, 0.25) is 0 Å². The molecule has 0 aliphatic rings. The van der Waals surface area contributed by atoms with E-state index in [2.05, 4.69) is 11.3 Å². The summed E-state index contributed by atoms with van der Waals surface area (Å²) >= 11 is 0. The largest absolute Gasteiger partial charge is 0.499 e. The van der Waals surface area contributed by atoms with E-state index in [-0.39, 0.29) is 18.5 Å². The Kier molecular flexibility index (Phi) is 7.01. The third-order valence-electron chi connectivity index (χ3n) is 1.39. The van der Waals surface area contributed by atoms with Gasteiger partial charge in [-0.25, -0.2) is 0 Å². The first-order valence-electron chi connectivity index (χ1n) is 4.11. The van der Waals surface area contributed by atoms with Crippen LogP contribution in [0.4, 0.5) is 0 Å². The topological polar surface area (TPSA) is 44.8 Å². The number of esters is 1. The molecule has 0 radical (unpaired) electrons. The van der Waals surface area contributed by atoms with Crippen molar-refractivity contribution in [2.75, 3.05) is 20.3 Å². The average molecular weight is 188 g/mol. The number of methoxy groups -OCH3 is 1. The van der Waals surface area contributed by atoms with Crippen molar-refractivity contribution in [1.82, 2.24) is 0 Å². The van der Waals surface area contributed by atoms with Crippen LogP contribution in [0, 0.1) is 0 Å². The van der Waals surface area contributed by atoms with Gasteiger partial charge in [0.05, 0.1) is 32.5 Å². The highest BCUT2D eigenvalue weighted by molar-refractivity contribution is 5.69. The Balaban J connectivity index is 3.30. The van der Waals surface area contributed by atoms with Crippen molar-refractivity contribution in [3.05, 3.63) is 12.8 Å². The third-order valence-corrected chi connectivity index (χ3v) is 1.39. The fraction of sp³-hybridized carbons (Fsp3) is 0.667. The summed E-state index contributed by atoms with van der Waals surface area (Å²) in [6, 6.07) is 0. The van der Waals surface area contributed by atoms with Gasteiger partial charge in [-0.3, -0.25) is 4.79 Å². The molecule has 0 aliphatic heterocycles. The average Bonchev–Trinajstić information content (AvgIpc) is 2.14. The summed E-state index contributed by atoms with van der Waals surface area (Å²) < 4.78 is 14.6. The molecule has 0 rings (SSSR count). The van der Waals surface area contributed by atoms with Crippen LogP contribution in [0.3, 0.4) is 0 Å². The molecule has 0 N–H and O–H groups in total. The lowest BCUT2D eigenvalue weighted by molar-refractivity contribution is -0.142. The van der Waals surface area contributed by atoms with Crippen molar-refractivity contribution in [2.24, 2.45) is 0 Å². The molecule has 4 heteroatoms. The molecule has 0 spiro atoms. The summed E-state index contributed by atoms with van der Waals surface area (Å²) in [4.78, 5) is 10.7. The fourth-order valence-corrected chi connectivity index (χ4v) is 0.697. The van der Waals surface area contributed by atoms with E-state index in [1.165, 1.54) is 13.4 Å². The molecular formula is C9H16O4. The second kappa shape index (κ2) is 7.61. The van der Waals surface area contributed by atoms with Crippen LogP contribution in [0.15, 0.2) is 12.8 Å². The van der Waals surface area contributed by atoms with Crippen molar-refractivity contribution >= 4 is 5.97 Å². The quantitative estimate of drug-likeness (QED) is 0.443. The normalized spacial score (nSPS) is 11.8. The highest BCUT2D eigenvalue weighted by Crippen LogP contribution is 1.94. The van der Waals surface area contributed by atoms with Gasteiger partial charge in [0.15, 0.2) is 0 Å². The first-order valence-corrected chi connectivity index (χ1v) is 4.11. The molecule has 1 atom stereocenters. The van der Waals surface area contributed by atoms with Crippen LogP contribution in [0.5, 0.6) is 0 Å². The van der Waals surface area contributed by atoms with Gasteiger partial charge in [-0.2, -0.15) is 0 Å². The monoisotopic (exact) mass is 188 g/mol. The van der Waals surface area contributed by atoms with E-state index in [0.29, 0.717) is 13.2 Å². The van der Waals surface area contributed by atoms with Gasteiger partial charge in [-0.15, -0.1) is 0 Å². The Morgan fingerprint density at radius 3 is 2.85 bits per heavy atom. The van der Waals surface area contributed by atoms with Crippen molar-refractivity contribution in [2.45, 2.75) is 19.4 Å². The van der Waals surface area contributed by atoms with E-state index in [1.54, 1.807) is 0 Å². The molecule has 0 bridgehead atoms. The van der Waals surface area contributed by atoms with Gasteiger partial charge >= 0.3 is 5.97 Å². The number of rotatable bonds is 7. The number of carbonyl (C=O) groups is 1. The predicted octanol–water partition coefficient (Wildman–Crippen LogP) is 1.11. The van der Waals surface area contributed by atoms with E-state index in [1.807, 2.05) is 6.92 Å². The minimum atomic E-state index is -0.267. The zero-order chi connectivity index (χ0) is 10.1. The second-order valence-electron chi connectivity index (χ2n) is 2.51. The van der Waals surface area contributed by atoms with Crippen LogP contribution in [-0.2, 0) is 19.0 Å². The molecule has 0 saturated heterocycles. The molecule has 0 aromatic carbocycles. The first-order chi connectivity index (χ1) is 6.20. The lowest BCUT2D eigenvalue weighted by Crippen LogP contribution is -2.17. The van der Waals surface area contributed by atoms with E-state index in [4.69, 9.17) is 9.47 Å². The Hall–Kier alpha value is -1.03. The molecule has 0 saturated carbocycles. The van der Waals surface area contributed by atoms with E-state index in [0.717, 1.165) is 0 Å². The lowest BCUT2D eigenvalue weighted by Gasteiger charge is -2.11. The molecule has 1 unspecified atom stereocenters. The van der Waals surface area contributed by atoms with Crippen molar-refractivity contribution in [3.8, 4) is 0 Å². The lowest BCUT2D eigenvalue weighted by atomic mass is 10.4. The van der Waals surface area contributed by atoms with Gasteiger partial charge in [-0.1, -0.05) is 6.58 Å². The maximum Gasteiger partial charge on any atom is 0.307 e. The molecule has 13 heavy (non-hydrogen) atoms. The summed E-state index contributed by atoms with van der Waals surface area (Å²) in [7, 11) is 1.35. The Labute approximate surface area is 78.5 Å². The number of hydrogen-bond donors (Lipinski definition) is 0. The zero-order valence-electron chi connectivity index (χ0n) is 8.12. The van der Waals surface area contributed by atoms with Crippen LogP contribution in [-0.4, -0.2) is 32.4 Å². The smallest absolute Gasteiger partial charge is 0.307 e. The predicted molar refractivity (Wildman–Crippen MR) is 48.2 cm³/mol. The highest BCUT2D eigenvalue weighted by atomic mass is 16.5. The summed E-state index contributed by atoms with van der Waals surface area (Å²) in [5.41, 5.74) is 0. The van der Waals surface area contributed by atoms with Gasteiger partial charge in [0.1, 0.15) is 6.61 Å². The molecule has 76 valence electrons. The molecule has 0 heterocycles. The molecule has 0 aromatic rings. The van der Waals surface area contributed by atoms with Crippen LogP contribution in [0.25, 0.3) is 0 Å². The van der Waals surface area contributed by atoms with Crippen molar-refractivity contribution < 1.29 is 19.0 Å². The van der Waals surface area contributed by atoms with Crippen LogP contribution in [0.1, 0.15) is 13.3 Å². The SMILES string of the molecule is C=COCC(C)OCCC(=O)OC. The van der Waals surface area contributed by atoms with Crippen LogP contribution < -0.4 is 0 Å². The highest BCUT2D eigenvalue weighted by Gasteiger charge is 2.04. The van der Waals surface area contributed by atoms with Gasteiger partial charge < -0.3 is 14.2 Å². The Morgan fingerprint density at radius 1 is 1.62 bits per heavy atom. The molecule has 0 amide bonds. The molecular weight excluding hydrogens is 172 g/mol. The molecule has 4 nitrogen and oxygen atoms in total. The van der Waals surface area contributed by atoms with Gasteiger partial charge in [0.25, 0.3) is 0 Å². The third kappa shape index (κ3) is 7.33. The fourth-order valence-electron chi connectivity index (χ4n) is 0.697. The van der Waals surface area contributed by atoms with E-state index < -0.39 is 0 Å². The van der Waals surface area contributed by atoms with Gasteiger partial charge in [-0.05, 0) is 6.92 Å². The number of carbonyl (C=O) groups excluding carboxylic acids is 1. The summed E-state index contributed by atoms with van der Waals surface area (Å²) in [5, 5.41) is 0. The number of hydrogen-bond acceptors (Lipinski definition) is 4. The van der Waals surface area contributed by atoms with Crippen LogP contribution >= 0.6 is 0 Å². The minimum Gasteiger partial charge on any atom is -0.499 e. The molecule has 0 aliphatic carbocycles. The maximum atomic E-state index is 10.7. The second-order valence-corrected chi connectivity index (χ2v) is 2.51.